The number of furan rings is 5. The Morgan fingerprint density at radius 2 is 0.692 bits per heavy atom. The molecule has 302 valence electrons. The zero-order valence-electron chi connectivity index (χ0n) is 34.3. The van der Waals surface area contributed by atoms with Crippen LogP contribution in [0.4, 0.5) is 0 Å². The van der Waals surface area contributed by atoms with Gasteiger partial charge in [-0.2, -0.15) is 0 Å². The first kappa shape index (κ1) is 34.6. The van der Waals surface area contributed by atoms with Crippen LogP contribution in [0.25, 0.3) is 155 Å². The second-order valence-electron chi connectivity index (χ2n) is 16.8. The molecule has 0 aliphatic heterocycles. The molecular formula is C58H30N2O5. The van der Waals surface area contributed by atoms with Crippen LogP contribution >= 0.6 is 0 Å². The molecule has 0 atom stereocenters. The van der Waals surface area contributed by atoms with Gasteiger partial charge in [0, 0.05) is 59.6 Å². The van der Waals surface area contributed by atoms with Gasteiger partial charge in [-0.15, -0.1) is 0 Å². The summed E-state index contributed by atoms with van der Waals surface area (Å²) in [5, 5.41) is 9.40. The van der Waals surface area contributed by atoms with Crippen molar-refractivity contribution in [2.24, 2.45) is 0 Å². The highest BCUT2D eigenvalue weighted by atomic mass is 16.3. The smallest absolute Gasteiger partial charge is 0.180 e. The van der Waals surface area contributed by atoms with E-state index in [1.54, 1.807) is 0 Å². The van der Waals surface area contributed by atoms with Crippen molar-refractivity contribution in [1.29, 1.82) is 0 Å². The number of fused-ring (bicyclic) bond motifs is 15. The molecule has 0 spiro atoms. The van der Waals surface area contributed by atoms with Crippen LogP contribution in [0.3, 0.4) is 0 Å². The third kappa shape index (κ3) is 5.00. The van der Waals surface area contributed by atoms with E-state index in [1.165, 1.54) is 0 Å². The van der Waals surface area contributed by atoms with Gasteiger partial charge in [-0.25, -0.2) is 9.97 Å². The molecule has 0 fully saturated rings. The van der Waals surface area contributed by atoms with Gasteiger partial charge < -0.3 is 22.1 Å². The summed E-state index contributed by atoms with van der Waals surface area (Å²) in [6.07, 6.45) is 0. The molecule has 0 aliphatic rings. The summed E-state index contributed by atoms with van der Waals surface area (Å²) < 4.78 is 32.4. The molecule has 0 unspecified atom stereocenters. The fourth-order valence-electron chi connectivity index (χ4n) is 10.1. The Labute approximate surface area is 367 Å². The highest BCUT2D eigenvalue weighted by Gasteiger charge is 2.22. The minimum atomic E-state index is 0.552. The first-order chi connectivity index (χ1) is 32.2. The highest BCUT2D eigenvalue weighted by molar-refractivity contribution is 6.20. The number of nitrogens with zero attached hydrogens (tertiary/aromatic N) is 2. The quantitative estimate of drug-likeness (QED) is 0.174. The van der Waals surface area contributed by atoms with Gasteiger partial charge in [0.15, 0.2) is 11.4 Å². The van der Waals surface area contributed by atoms with Gasteiger partial charge >= 0.3 is 0 Å². The van der Waals surface area contributed by atoms with E-state index in [1.807, 2.05) is 60.7 Å². The molecule has 7 heteroatoms. The highest BCUT2D eigenvalue weighted by Crippen LogP contribution is 2.44. The lowest BCUT2D eigenvalue weighted by atomic mass is 9.95. The molecule has 0 aliphatic carbocycles. The van der Waals surface area contributed by atoms with Gasteiger partial charge in [0.1, 0.15) is 61.5 Å². The predicted molar refractivity (Wildman–Crippen MR) is 260 cm³/mol. The summed E-state index contributed by atoms with van der Waals surface area (Å²) in [6, 6.07) is 62.1. The van der Waals surface area contributed by atoms with E-state index in [4.69, 9.17) is 32.1 Å². The number of hydrogen-bond acceptors (Lipinski definition) is 7. The van der Waals surface area contributed by atoms with Crippen LogP contribution in [0.15, 0.2) is 204 Å². The van der Waals surface area contributed by atoms with Crippen LogP contribution in [-0.2, 0) is 0 Å². The lowest BCUT2D eigenvalue weighted by molar-refractivity contribution is 0.666. The zero-order valence-corrected chi connectivity index (χ0v) is 34.3. The summed E-state index contributed by atoms with van der Waals surface area (Å²) in [6.45, 7) is 0. The summed E-state index contributed by atoms with van der Waals surface area (Å²) in [5.74, 6) is 0.552. The van der Waals surface area contributed by atoms with E-state index in [0.29, 0.717) is 22.7 Å². The molecule has 0 N–H and O–H groups in total. The van der Waals surface area contributed by atoms with Gasteiger partial charge in [0.05, 0.1) is 0 Å². The van der Waals surface area contributed by atoms with Crippen molar-refractivity contribution in [3.05, 3.63) is 182 Å². The van der Waals surface area contributed by atoms with E-state index in [-0.39, 0.29) is 0 Å². The number of aromatic nitrogens is 2. The van der Waals surface area contributed by atoms with Gasteiger partial charge in [-0.1, -0.05) is 103 Å². The van der Waals surface area contributed by atoms with E-state index in [0.717, 1.165) is 132 Å². The van der Waals surface area contributed by atoms with Crippen LogP contribution in [0, 0.1) is 0 Å². The van der Waals surface area contributed by atoms with E-state index in [9.17, 15) is 0 Å². The lowest BCUT2D eigenvalue weighted by Gasteiger charge is -2.07. The summed E-state index contributed by atoms with van der Waals surface area (Å²) >= 11 is 0. The molecule has 0 bridgehead atoms. The molecule has 7 nitrogen and oxygen atoms in total. The molecule has 15 aromatic rings. The van der Waals surface area contributed by atoms with Gasteiger partial charge in [0.25, 0.3) is 0 Å². The fraction of sp³-hybridized carbons (Fsp3) is 0. The normalized spacial score (nSPS) is 12.3. The van der Waals surface area contributed by atoms with Crippen molar-refractivity contribution in [3.8, 4) is 44.9 Å². The number of benzene rings is 9. The van der Waals surface area contributed by atoms with Crippen molar-refractivity contribution in [2.75, 3.05) is 0 Å². The summed E-state index contributed by atoms with van der Waals surface area (Å²) in [4.78, 5) is 10.6. The maximum atomic E-state index is 6.81. The zero-order chi connectivity index (χ0) is 42.3. The van der Waals surface area contributed by atoms with Crippen LogP contribution in [0.5, 0.6) is 0 Å². The van der Waals surface area contributed by atoms with E-state index < -0.39 is 0 Å². The SMILES string of the molecule is c1ccc2c(c1)oc1cc(-c3ccc4c(c3)oc3c(-c5ccc6c(c5)oc5ccccc56)nc(-c5ccc6c(c5)oc5cccc(-c7cccc8oc9ccccc9c78)c56)nc34)ccc12. The lowest BCUT2D eigenvalue weighted by Crippen LogP contribution is -1.94. The first-order valence-electron chi connectivity index (χ1n) is 21.6. The largest absolute Gasteiger partial charge is 0.456 e. The topological polar surface area (TPSA) is 91.5 Å². The third-order valence-electron chi connectivity index (χ3n) is 13.1. The van der Waals surface area contributed by atoms with Gasteiger partial charge in [0.2, 0.25) is 0 Å². The molecule has 0 saturated carbocycles. The minimum absolute atomic E-state index is 0.552. The molecule has 0 amide bonds. The van der Waals surface area contributed by atoms with Crippen molar-refractivity contribution in [2.45, 2.75) is 0 Å². The Hall–Kier alpha value is -8.94. The number of hydrogen-bond donors (Lipinski definition) is 0. The minimum Gasteiger partial charge on any atom is -0.456 e. The third-order valence-corrected chi connectivity index (χ3v) is 13.1. The Morgan fingerprint density at radius 1 is 0.277 bits per heavy atom. The molecule has 9 aromatic carbocycles. The second kappa shape index (κ2) is 12.8. The molecular weight excluding hydrogens is 805 g/mol. The summed E-state index contributed by atoms with van der Waals surface area (Å²) in [7, 11) is 0. The number of para-hydroxylation sites is 3. The van der Waals surface area contributed by atoms with E-state index in [2.05, 4.69) is 121 Å². The van der Waals surface area contributed by atoms with Crippen molar-refractivity contribution in [1.82, 2.24) is 9.97 Å². The Bertz CT molecular complexity index is 4500. The number of rotatable bonds is 4. The molecule has 6 heterocycles. The Kier molecular flexibility index (Phi) is 6.83. The first-order valence-corrected chi connectivity index (χ1v) is 21.6. The Balaban J connectivity index is 0.915. The van der Waals surface area contributed by atoms with Crippen molar-refractivity contribution < 1.29 is 22.1 Å². The van der Waals surface area contributed by atoms with Crippen molar-refractivity contribution >= 4 is 110 Å². The van der Waals surface area contributed by atoms with Crippen LogP contribution < -0.4 is 0 Å². The predicted octanol–water partition coefficient (Wildman–Crippen LogP) is 16.6. The van der Waals surface area contributed by atoms with Crippen LogP contribution in [0.1, 0.15) is 0 Å². The molecule has 0 saturated heterocycles. The molecule has 15 rings (SSSR count). The molecule has 6 aromatic heterocycles. The monoisotopic (exact) mass is 834 g/mol. The maximum Gasteiger partial charge on any atom is 0.180 e. The van der Waals surface area contributed by atoms with Crippen molar-refractivity contribution in [3.63, 3.8) is 0 Å². The van der Waals surface area contributed by atoms with Gasteiger partial charge in [-0.05, 0) is 101 Å². The maximum absolute atomic E-state index is 6.81. The average molecular weight is 835 g/mol. The van der Waals surface area contributed by atoms with Crippen LogP contribution in [0.2, 0.25) is 0 Å². The summed E-state index contributed by atoms with van der Waals surface area (Å²) in [5.41, 5.74) is 15.1. The second-order valence-corrected chi connectivity index (χ2v) is 16.8. The fourth-order valence-corrected chi connectivity index (χ4v) is 10.1. The standard InChI is InChI=1S/C58H30N2O5/c1-4-14-44-35(9-1)37-23-19-31(27-49(37)62-44)32-20-26-43-52(28-32)65-57-55(33-21-24-38-36-10-2-5-15-45(36)63-50(38)29-33)59-58(60-56(43)57)34-22-25-42-51(30-34)64-48-18-8-13-40(54(42)48)39-12-7-17-47-53(39)41-11-3-6-16-46(41)61-47/h1-30H. The Morgan fingerprint density at radius 3 is 1.35 bits per heavy atom. The average Bonchev–Trinajstić information content (AvgIpc) is 4.18. The van der Waals surface area contributed by atoms with E-state index >= 15 is 0 Å². The molecule has 0 radical (unpaired) electrons. The van der Waals surface area contributed by atoms with Gasteiger partial charge in [-0.3, -0.25) is 0 Å². The molecule has 65 heavy (non-hydrogen) atoms. The van der Waals surface area contributed by atoms with Crippen LogP contribution in [-0.4, -0.2) is 9.97 Å².